The molecule has 0 saturated carbocycles. The maximum absolute atomic E-state index is 12.3. The summed E-state index contributed by atoms with van der Waals surface area (Å²) >= 11 is 5.74. The van der Waals surface area contributed by atoms with Gasteiger partial charge in [0, 0.05) is 13.2 Å². The fraction of sp³-hybridized carbons (Fsp3) is 0.400. The molecule has 0 fully saturated rings. The molecule has 0 aliphatic carbocycles. The Balaban J connectivity index is 2.11. The summed E-state index contributed by atoms with van der Waals surface area (Å²) in [6, 6.07) is 3.92. The molecule has 0 aliphatic rings. The molecule has 160 valence electrons. The van der Waals surface area contributed by atoms with Crippen LogP contribution in [0.3, 0.4) is 0 Å². The van der Waals surface area contributed by atoms with Crippen molar-refractivity contribution in [2.45, 2.75) is 12.4 Å². The van der Waals surface area contributed by atoms with E-state index in [-0.39, 0.29) is 12.6 Å². The maximum atomic E-state index is 12.3. The number of hydrogen-bond donors (Lipinski definition) is 1. The van der Waals surface area contributed by atoms with Crippen LogP contribution in [0.5, 0.6) is 11.8 Å². The van der Waals surface area contributed by atoms with Crippen LogP contribution in [0.2, 0.25) is 5.02 Å². The zero-order valence-corrected chi connectivity index (χ0v) is 15.4. The predicted octanol–water partition coefficient (Wildman–Crippen LogP) is 3.91. The minimum absolute atomic E-state index is 0.00999. The number of pyridine rings is 1. The number of halogens is 7. The molecule has 2 aromatic rings. The van der Waals surface area contributed by atoms with Crippen LogP contribution in [0, 0.1) is 0 Å². The predicted molar refractivity (Wildman–Crippen MR) is 91.3 cm³/mol. The van der Waals surface area contributed by atoms with Gasteiger partial charge in [0.15, 0.2) is 13.2 Å². The molecule has 14 heteroatoms. The van der Waals surface area contributed by atoms with E-state index < -0.39 is 37.3 Å². The molecule has 0 saturated heterocycles. The van der Waals surface area contributed by atoms with Crippen LogP contribution >= 0.6 is 11.6 Å². The Labute approximate surface area is 165 Å². The highest BCUT2D eigenvalue weighted by Gasteiger charge is 2.30. The van der Waals surface area contributed by atoms with Crippen LogP contribution < -0.4 is 19.7 Å². The van der Waals surface area contributed by atoms with Crippen molar-refractivity contribution < 1.29 is 35.8 Å². The van der Waals surface area contributed by atoms with Gasteiger partial charge < -0.3 is 19.7 Å². The van der Waals surface area contributed by atoms with Crippen molar-refractivity contribution in [3.8, 4) is 11.8 Å². The summed E-state index contributed by atoms with van der Waals surface area (Å²) in [5, 5.41) is 3.06. The molecule has 2 heterocycles. The van der Waals surface area contributed by atoms with E-state index in [1.54, 1.807) is 24.1 Å². The van der Waals surface area contributed by atoms with E-state index in [1.807, 2.05) is 0 Å². The van der Waals surface area contributed by atoms with Gasteiger partial charge in [0.25, 0.3) is 0 Å². The lowest BCUT2D eigenvalue weighted by molar-refractivity contribution is -0.154. The molecule has 29 heavy (non-hydrogen) atoms. The molecule has 0 aromatic carbocycles. The Kier molecular flexibility index (Phi) is 7.16. The summed E-state index contributed by atoms with van der Waals surface area (Å²) in [7, 11) is 1.62. The topological polar surface area (TPSA) is 72.4 Å². The third-order valence-corrected chi connectivity index (χ3v) is 3.25. The van der Waals surface area contributed by atoms with Gasteiger partial charge in [0.05, 0.1) is 17.8 Å². The molecule has 7 nitrogen and oxygen atoms in total. The Morgan fingerprint density at radius 3 is 2.00 bits per heavy atom. The first-order chi connectivity index (χ1) is 13.4. The van der Waals surface area contributed by atoms with E-state index in [0.29, 0.717) is 10.8 Å². The van der Waals surface area contributed by atoms with Gasteiger partial charge in [0.2, 0.25) is 17.7 Å². The largest absolute Gasteiger partial charge is 0.468 e. The second-order valence-corrected chi connectivity index (χ2v) is 5.98. The molecule has 0 atom stereocenters. The lowest BCUT2D eigenvalue weighted by Crippen LogP contribution is -2.26. The summed E-state index contributed by atoms with van der Waals surface area (Å²) in [5.41, 5.74) is 0. The van der Waals surface area contributed by atoms with Gasteiger partial charge in [-0.3, -0.25) is 0 Å². The maximum Gasteiger partial charge on any atom is 0.422 e. The van der Waals surface area contributed by atoms with Crippen LogP contribution in [-0.2, 0) is 0 Å². The monoisotopic (exact) mass is 445 g/mol. The van der Waals surface area contributed by atoms with Gasteiger partial charge in [-0.15, -0.1) is 0 Å². The second-order valence-electron chi connectivity index (χ2n) is 5.54. The van der Waals surface area contributed by atoms with Crippen LogP contribution in [0.4, 0.5) is 38.1 Å². The molecule has 0 bridgehead atoms. The summed E-state index contributed by atoms with van der Waals surface area (Å²) in [6.45, 7) is -3.36. The quantitative estimate of drug-likeness (QED) is 0.488. The van der Waals surface area contributed by atoms with Gasteiger partial charge in [-0.05, 0) is 12.1 Å². The molecule has 2 aromatic heterocycles. The van der Waals surface area contributed by atoms with E-state index in [4.69, 9.17) is 11.6 Å². The zero-order chi connectivity index (χ0) is 21.7. The van der Waals surface area contributed by atoms with E-state index in [2.05, 4.69) is 29.7 Å². The highest BCUT2D eigenvalue weighted by Crippen LogP contribution is 2.24. The molecule has 2 rings (SSSR count). The van der Waals surface area contributed by atoms with Crippen molar-refractivity contribution in [1.82, 2.24) is 15.0 Å². The standard InChI is InChI=1S/C15H14ClF6N5O2/c1-27(10-3-2-9(16)5-23-10)8-24-13-25-11(28-6-14(17,18)19)4-12(26-13)29-7-15(20,21)22/h2-5H,6-8H2,1H3,(H,24,25,26). The van der Waals surface area contributed by atoms with Gasteiger partial charge in [-0.25, -0.2) is 4.98 Å². The van der Waals surface area contributed by atoms with Crippen molar-refractivity contribution in [2.75, 3.05) is 37.1 Å². The number of aromatic nitrogens is 3. The fourth-order valence-corrected chi connectivity index (χ4v) is 1.92. The van der Waals surface area contributed by atoms with E-state index in [1.165, 1.54) is 6.20 Å². The average molecular weight is 446 g/mol. The van der Waals surface area contributed by atoms with Crippen molar-refractivity contribution in [3.63, 3.8) is 0 Å². The first kappa shape index (κ1) is 22.6. The second kappa shape index (κ2) is 9.20. The molecule has 0 radical (unpaired) electrons. The van der Waals surface area contributed by atoms with Gasteiger partial charge >= 0.3 is 12.4 Å². The van der Waals surface area contributed by atoms with Crippen LogP contribution in [0.1, 0.15) is 0 Å². The van der Waals surface area contributed by atoms with Gasteiger partial charge in [-0.1, -0.05) is 11.6 Å². The number of ether oxygens (including phenoxy) is 2. The molecule has 1 N–H and O–H groups in total. The fourth-order valence-electron chi connectivity index (χ4n) is 1.81. The highest BCUT2D eigenvalue weighted by molar-refractivity contribution is 6.30. The Morgan fingerprint density at radius 1 is 1.00 bits per heavy atom. The third-order valence-electron chi connectivity index (χ3n) is 3.02. The van der Waals surface area contributed by atoms with Crippen LogP contribution in [-0.4, -0.2) is 54.2 Å². The summed E-state index contributed by atoms with van der Waals surface area (Å²) in [5.74, 6) is -1.03. The van der Waals surface area contributed by atoms with Gasteiger partial charge in [-0.2, -0.15) is 36.3 Å². The van der Waals surface area contributed by atoms with E-state index >= 15 is 0 Å². The average Bonchev–Trinajstić information content (AvgIpc) is 2.62. The van der Waals surface area contributed by atoms with Crippen LogP contribution in [0.25, 0.3) is 0 Å². The number of anilines is 2. The number of rotatable bonds is 8. The number of nitrogens with one attached hydrogen (secondary N) is 1. The molecule has 0 aliphatic heterocycles. The first-order valence-corrected chi connectivity index (χ1v) is 8.14. The van der Waals surface area contributed by atoms with E-state index in [9.17, 15) is 26.3 Å². The molecule has 0 amide bonds. The van der Waals surface area contributed by atoms with Crippen LogP contribution in [0.15, 0.2) is 24.4 Å². The normalized spacial score (nSPS) is 11.9. The van der Waals surface area contributed by atoms with Gasteiger partial charge in [0.1, 0.15) is 5.82 Å². The zero-order valence-electron chi connectivity index (χ0n) is 14.7. The minimum Gasteiger partial charge on any atom is -0.468 e. The first-order valence-electron chi connectivity index (χ1n) is 7.76. The van der Waals surface area contributed by atoms with Crippen molar-refractivity contribution >= 4 is 23.4 Å². The molecule has 0 spiro atoms. The third kappa shape index (κ3) is 8.46. The highest BCUT2D eigenvalue weighted by atomic mass is 35.5. The Hall–Kier alpha value is -2.70. The molecular formula is C15H14ClF6N5O2. The Morgan fingerprint density at radius 2 is 1.55 bits per heavy atom. The number of alkyl halides is 6. The molecule has 0 unspecified atom stereocenters. The van der Waals surface area contributed by atoms with Crippen molar-refractivity contribution in [2.24, 2.45) is 0 Å². The summed E-state index contributed by atoms with van der Waals surface area (Å²) < 4.78 is 82.9. The number of nitrogens with zero attached hydrogens (tertiary/aromatic N) is 4. The smallest absolute Gasteiger partial charge is 0.422 e. The summed E-state index contributed by atoms with van der Waals surface area (Å²) in [4.78, 5) is 13.0. The minimum atomic E-state index is -4.66. The lowest BCUT2D eigenvalue weighted by atomic mass is 10.4. The van der Waals surface area contributed by atoms with Crippen molar-refractivity contribution in [3.05, 3.63) is 29.4 Å². The lowest BCUT2D eigenvalue weighted by Gasteiger charge is -2.19. The number of hydrogen-bond acceptors (Lipinski definition) is 7. The SMILES string of the molecule is CN(CNc1nc(OCC(F)(F)F)cc(OCC(F)(F)F)n1)c1ccc(Cl)cn1. The Bertz CT molecular complexity index is 767. The van der Waals surface area contributed by atoms with E-state index in [0.717, 1.165) is 6.07 Å². The molecular weight excluding hydrogens is 432 g/mol. The summed E-state index contributed by atoms with van der Waals surface area (Å²) in [6.07, 6.45) is -7.92. The van der Waals surface area contributed by atoms with Crippen molar-refractivity contribution in [1.29, 1.82) is 0 Å².